The maximum Gasteiger partial charge on any atom is 0.271 e. The number of nitro benzene ring substituents is 1. The van der Waals surface area contributed by atoms with Gasteiger partial charge >= 0.3 is 0 Å². The number of non-ortho nitro benzene ring substituents is 1. The summed E-state index contributed by atoms with van der Waals surface area (Å²) >= 11 is 6.19. The predicted molar refractivity (Wildman–Crippen MR) is 161 cm³/mol. The van der Waals surface area contributed by atoms with E-state index in [0.717, 1.165) is 42.5 Å². The van der Waals surface area contributed by atoms with E-state index in [1.807, 2.05) is 0 Å². The number of sulfonamides is 1. The Kier molecular flexibility index (Phi) is 10.2. The maximum absolute atomic E-state index is 14.0. The molecule has 3 aromatic rings. The van der Waals surface area contributed by atoms with Gasteiger partial charge in [0.05, 0.1) is 15.5 Å². The van der Waals surface area contributed by atoms with Crippen molar-refractivity contribution < 1.29 is 22.9 Å². The largest absolute Gasteiger partial charge is 0.352 e. The van der Waals surface area contributed by atoms with Gasteiger partial charge in [-0.05, 0) is 55.7 Å². The summed E-state index contributed by atoms with van der Waals surface area (Å²) in [4.78, 5) is 39.5. The highest BCUT2D eigenvalue weighted by molar-refractivity contribution is 7.92. The van der Waals surface area contributed by atoms with Crippen LogP contribution in [-0.2, 0) is 26.2 Å². The zero-order chi connectivity index (χ0) is 30.3. The monoisotopic (exact) mass is 612 g/mol. The number of nitro groups is 1. The lowest BCUT2D eigenvalue weighted by atomic mass is 9.95. The smallest absolute Gasteiger partial charge is 0.271 e. The number of hydrogen-bond donors (Lipinski definition) is 1. The molecule has 3 aromatic carbocycles. The minimum absolute atomic E-state index is 0.00713. The fourth-order valence-corrected chi connectivity index (χ4v) is 6.63. The molecule has 1 aliphatic rings. The number of halogens is 1. The molecule has 1 aliphatic carbocycles. The first-order chi connectivity index (χ1) is 20.1. The molecule has 42 heavy (non-hydrogen) atoms. The van der Waals surface area contributed by atoms with Crippen LogP contribution in [0, 0.1) is 10.1 Å². The summed E-state index contributed by atoms with van der Waals surface area (Å²) in [5, 5.41) is 15.0. The van der Waals surface area contributed by atoms with Crippen LogP contribution in [0.15, 0.2) is 83.8 Å². The molecule has 4 rings (SSSR count). The van der Waals surface area contributed by atoms with Gasteiger partial charge in [0.25, 0.3) is 15.7 Å². The normalized spacial score (nSPS) is 14.5. The second-order valence-electron chi connectivity index (χ2n) is 10.3. The molecule has 222 valence electrons. The van der Waals surface area contributed by atoms with E-state index in [0.29, 0.717) is 10.6 Å². The lowest BCUT2D eigenvalue weighted by molar-refractivity contribution is -0.384. The molecule has 1 N–H and O–H groups in total. The molecule has 1 atom stereocenters. The second-order valence-corrected chi connectivity index (χ2v) is 12.6. The summed E-state index contributed by atoms with van der Waals surface area (Å²) in [6, 6.07) is 18.5. The lowest BCUT2D eigenvalue weighted by Crippen LogP contribution is -2.53. The van der Waals surface area contributed by atoms with Crippen LogP contribution in [0.25, 0.3) is 0 Å². The van der Waals surface area contributed by atoms with Gasteiger partial charge in [0.2, 0.25) is 11.8 Å². The van der Waals surface area contributed by atoms with Crippen LogP contribution < -0.4 is 9.62 Å². The Morgan fingerprint density at radius 2 is 1.69 bits per heavy atom. The summed E-state index contributed by atoms with van der Waals surface area (Å²) in [7, 11) is -4.33. The van der Waals surface area contributed by atoms with E-state index in [4.69, 9.17) is 11.6 Å². The second kappa shape index (κ2) is 13.8. The summed E-state index contributed by atoms with van der Waals surface area (Å²) < 4.78 is 28.5. The minimum atomic E-state index is -4.33. The average molecular weight is 613 g/mol. The van der Waals surface area contributed by atoms with E-state index in [9.17, 15) is 28.1 Å². The van der Waals surface area contributed by atoms with Crippen molar-refractivity contribution in [2.75, 3.05) is 10.8 Å². The first-order valence-electron chi connectivity index (χ1n) is 13.7. The van der Waals surface area contributed by atoms with Crippen molar-refractivity contribution in [3.63, 3.8) is 0 Å². The van der Waals surface area contributed by atoms with Crippen LogP contribution in [0.3, 0.4) is 0 Å². The third kappa shape index (κ3) is 7.65. The van der Waals surface area contributed by atoms with Gasteiger partial charge < -0.3 is 10.2 Å². The fraction of sp³-hybridized carbons (Fsp3) is 0.333. The van der Waals surface area contributed by atoms with E-state index < -0.39 is 33.4 Å². The van der Waals surface area contributed by atoms with E-state index in [1.165, 1.54) is 35.2 Å². The molecule has 0 unspecified atom stereocenters. The quantitative estimate of drug-likeness (QED) is 0.231. The van der Waals surface area contributed by atoms with Crippen molar-refractivity contribution in [3.8, 4) is 0 Å². The van der Waals surface area contributed by atoms with E-state index >= 15 is 0 Å². The van der Waals surface area contributed by atoms with Gasteiger partial charge in [-0.25, -0.2) is 8.42 Å². The Balaban J connectivity index is 1.70. The van der Waals surface area contributed by atoms with Gasteiger partial charge in [-0.1, -0.05) is 67.3 Å². The first kappa shape index (κ1) is 31.0. The number of carbonyl (C=O) groups is 2. The maximum atomic E-state index is 14.0. The molecule has 0 aliphatic heterocycles. The van der Waals surface area contributed by atoms with E-state index in [-0.39, 0.29) is 34.8 Å². The number of nitrogens with one attached hydrogen (secondary N) is 1. The van der Waals surface area contributed by atoms with Gasteiger partial charge in [-0.15, -0.1) is 0 Å². The van der Waals surface area contributed by atoms with Crippen LogP contribution in [-0.4, -0.2) is 48.7 Å². The summed E-state index contributed by atoms with van der Waals surface area (Å²) in [5.41, 5.74) is 0.272. The van der Waals surface area contributed by atoms with Gasteiger partial charge in [-0.3, -0.25) is 24.0 Å². The summed E-state index contributed by atoms with van der Waals surface area (Å²) in [6.45, 7) is 0.900. The number of hydrogen-bond acceptors (Lipinski definition) is 6. The van der Waals surface area contributed by atoms with Crippen molar-refractivity contribution in [1.82, 2.24) is 10.2 Å². The molecule has 2 amide bonds. The lowest BCUT2D eigenvalue weighted by Gasteiger charge is -2.33. The molecular weight excluding hydrogens is 580 g/mol. The van der Waals surface area contributed by atoms with E-state index in [2.05, 4.69) is 5.32 Å². The highest BCUT2D eigenvalue weighted by Crippen LogP contribution is 2.28. The molecule has 0 saturated heterocycles. The van der Waals surface area contributed by atoms with Gasteiger partial charge in [0, 0.05) is 29.7 Å². The van der Waals surface area contributed by atoms with Gasteiger partial charge in [-0.2, -0.15) is 0 Å². The third-order valence-electron chi connectivity index (χ3n) is 7.30. The van der Waals surface area contributed by atoms with Crippen molar-refractivity contribution in [1.29, 1.82) is 0 Å². The Bertz CT molecular complexity index is 1530. The van der Waals surface area contributed by atoms with Crippen LogP contribution in [0.2, 0.25) is 5.02 Å². The highest BCUT2D eigenvalue weighted by Gasteiger charge is 2.33. The van der Waals surface area contributed by atoms with Crippen LogP contribution >= 0.6 is 11.6 Å². The molecule has 12 heteroatoms. The van der Waals surface area contributed by atoms with Crippen LogP contribution in [0.5, 0.6) is 0 Å². The number of amides is 2. The number of carbonyl (C=O) groups excluding carboxylic acids is 2. The summed E-state index contributed by atoms with van der Waals surface area (Å²) in [5.74, 6) is -1.00. The van der Waals surface area contributed by atoms with Crippen LogP contribution in [0.1, 0.15) is 44.6 Å². The molecule has 0 spiro atoms. The van der Waals surface area contributed by atoms with Crippen molar-refractivity contribution in [2.45, 2.75) is 62.6 Å². The SMILES string of the molecule is C[C@H](C(=O)NC1CCCCC1)N(Cc1cccc(Cl)c1)C(=O)CN(c1cccc([N+](=O)[O-])c1)S(=O)(=O)c1ccccc1. The fourth-order valence-electron chi connectivity index (χ4n) is 4.99. The molecule has 0 radical (unpaired) electrons. The Morgan fingerprint density at radius 3 is 2.36 bits per heavy atom. The van der Waals surface area contributed by atoms with E-state index in [1.54, 1.807) is 49.4 Å². The molecule has 0 aromatic heterocycles. The summed E-state index contributed by atoms with van der Waals surface area (Å²) in [6.07, 6.45) is 4.86. The number of rotatable bonds is 11. The Labute approximate surface area is 250 Å². The minimum Gasteiger partial charge on any atom is -0.352 e. The molecule has 1 fully saturated rings. The number of anilines is 1. The van der Waals surface area contributed by atoms with Gasteiger partial charge in [0.15, 0.2) is 0 Å². The average Bonchev–Trinajstić information content (AvgIpc) is 2.99. The molecule has 10 nitrogen and oxygen atoms in total. The molecule has 1 saturated carbocycles. The zero-order valence-electron chi connectivity index (χ0n) is 23.2. The highest BCUT2D eigenvalue weighted by atomic mass is 35.5. The Hall–Kier alpha value is -3.96. The molecule has 0 bridgehead atoms. The van der Waals surface area contributed by atoms with Crippen LogP contribution in [0.4, 0.5) is 11.4 Å². The standard InChI is InChI=1S/C30H33ClN4O6S/c1-22(30(37)32-25-12-4-2-5-13-25)33(20-23-10-8-11-24(31)18-23)29(36)21-34(26-14-9-15-27(19-26)35(38)39)42(40,41)28-16-6-3-7-17-28/h3,6-11,14-19,22,25H,2,4-5,12-13,20-21H2,1H3,(H,32,37)/t22-/m1/s1. The first-order valence-corrected chi connectivity index (χ1v) is 15.5. The molecule has 0 heterocycles. The van der Waals surface area contributed by atoms with Crippen molar-refractivity contribution >= 4 is 44.8 Å². The zero-order valence-corrected chi connectivity index (χ0v) is 24.8. The predicted octanol–water partition coefficient (Wildman–Crippen LogP) is 5.31. The van der Waals surface area contributed by atoms with Gasteiger partial charge in [0.1, 0.15) is 12.6 Å². The van der Waals surface area contributed by atoms with Crippen molar-refractivity contribution in [3.05, 3.63) is 99.6 Å². The number of nitrogens with zero attached hydrogens (tertiary/aromatic N) is 3. The third-order valence-corrected chi connectivity index (χ3v) is 9.32. The number of benzene rings is 3. The van der Waals surface area contributed by atoms with Crippen molar-refractivity contribution in [2.24, 2.45) is 0 Å². The molecular formula is C30H33ClN4O6S. The Morgan fingerprint density at radius 1 is 1.00 bits per heavy atom. The topological polar surface area (TPSA) is 130 Å².